The molecule has 1 aromatic carbocycles. The molecule has 0 fully saturated rings. The highest BCUT2D eigenvalue weighted by atomic mass is 35.5. The largest absolute Gasteiger partial charge is 0.379 e. The maximum absolute atomic E-state index is 6.14. The van der Waals surface area contributed by atoms with Crippen LogP contribution in [0.1, 0.15) is 30.6 Å². The van der Waals surface area contributed by atoms with Gasteiger partial charge in [-0.3, -0.25) is 4.68 Å². The highest BCUT2D eigenvalue weighted by Gasteiger charge is 2.11. The van der Waals surface area contributed by atoms with E-state index in [0.29, 0.717) is 18.4 Å². The van der Waals surface area contributed by atoms with Crippen LogP contribution in [0.5, 0.6) is 0 Å². The first kappa shape index (κ1) is 17.9. The first-order valence-corrected chi connectivity index (χ1v) is 8.96. The van der Waals surface area contributed by atoms with Gasteiger partial charge in [-0.15, -0.1) is 0 Å². The Kier molecular flexibility index (Phi) is 6.02. The number of fused-ring (bicyclic) bond motifs is 1. The standard InChI is InChI=1S/C19H23ClN4O/c1-2-24-19-15(12-22-24)11-18(20)23-17(19)9-6-10-25-13-16(21)14-7-4-3-5-8-14/h3-5,7-8,11-12,16H,2,6,9-10,13,21H2,1H3/t16-/m1/s1. The Morgan fingerprint density at radius 2 is 2.08 bits per heavy atom. The van der Waals surface area contributed by atoms with E-state index in [9.17, 15) is 0 Å². The van der Waals surface area contributed by atoms with E-state index in [-0.39, 0.29) is 6.04 Å². The molecule has 0 bridgehead atoms. The van der Waals surface area contributed by atoms with Crippen LogP contribution in [-0.4, -0.2) is 28.0 Å². The minimum atomic E-state index is -0.0984. The van der Waals surface area contributed by atoms with Crippen LogP contribution in [0.3, 0.4) is 0 Å². The van der Waals surface area contributed by atoms with Crippen molar-refractivity contribution in [1.29, 1.82) is 0 Å². The minimum absolute atomic E-state index is 0.0984. The van der Waals surface area contributed by atoms with E-state index in [2.05, 4.69) is 17.0 Å². The van der Waals surface area contributed by atoms with E-state index < -0.39 is 0 Å². The van der Waals surface area contributed by atoms with Gasteiger partial charge in [0.25, 0.3) is 0 Å². The van der Waals surface area contributed by atoms with Crippen molar-refractivity contribution in [3.8, 4) is 0 Å². The molecule has 132 valence electrons. The van der Waals surface area contributed by atoms with Crippen LogP contribution in [0.15, 0.2) is 42.6 Å². The Balaban J connectivity index is 1.54. The van der Waals surface area contributed by atoms with Gasteiger partial charge in [-0.2, -0.15) is 5.10 Å². The topological polar surface area (TPSA) is 66.0 Å². The van der Waals surface area contributed by atoms with E-state index in [4.69, 9.17) is 22.1 Å². The third kappa shape index (κ3) is 4.37. The van der Waals surface area contributed by atoms with Gasteiger partial charge in [0.15, 0.2) is 0 Å². The quantitative estimate of drug-likeness (QED) is 0.492. The fourth-order valence-corrected chi connectivity index (χ4v) is 3.15. The summed E-state index contributed by atoms with van der Waals surface area (Å²) in [6, 6.07) is 11.8. The van der Waals surface area contributed by atoms with Crippen LogP contribution >= 0.6 is 11.6 Å². The van der Waals surface area contributed by atoms with Crippen LogP contribution < -0.4 is 5.73 Å². The molecule has 2 N–H and O–H groups in total. The predicted molar refractivity (Wildman–Crippen MR) is 101 cm³/mol. The highest BCUT2D eigenvalue weighted by Crippen LogP contribution is 2.22. The van der Waals surface area contributed by atoms with Gasteiger partial charge in [0.05, 0.1) is 30.1 Å². The molecule has 0 saturated carbocycles. The summed E-state index contributed by atoms with van der Waals surface area (Å²) in [7, 11) is 0. The molecule has 0 radical (unpaired) electrons. The second-order valence-electron chi connectivity index (χ2n) is 5.99. The fourth-order valence-electron chi connectivity index (χ4n) is 2.93. The maximum atomic E-state index is 6.14. The summed E-state index contributed by atoms with van der Waals surface area (Å²) in [6.07, 6.45) is 3.49. The Hall–Kier alpha value is -1.95. The van der Waals surface area contributed by atoms with Crippen molar-refractivity contribution >= 4 is 22.5 Å². The van der Waals surface area contributed by atoms with E-state index in [1.807, 2.05) is 47.3 Å². The van der Waals surface area contributed by atoms with E-state index in [0.717, 1.165) is 41.5 Å². The molecule has 2 aromatic heterocycles. The zero-order chi connectivity index (χ0) is 17.6. The number of hydrogen-bond donors (Lipinski definition) is 1. The van der Waals surface area contributed by atoms with Crippen LogP contribution in [-0.2, 0) is 17.7 Å². The average Bonchev–Trinajstić information content (AvgIpc) is 3.04. The number of aromatic nitrogens is 3. The Bertz CT molecular complexity index is 819. The lowest BCUT2D eigenvalue weighted by Crippen LogP contribution is -2.17. The number of halogens is 1. The Morgan fingerprint density at radius 1 is 1.28 bits per heavy atom. The average molecular weight is 359 g/mol. The molecular weight excluding hydrogens is 336 g/mol. The first-order chi connectivity index (χ1) is 12.2. The zero-order valence-electron chi connectivity index (χ0n) is 14.4. The van der Waals surface area contributed by atoms with Crippen LogP contribution in [0.25, 0.3) is 10.9 Å². The molecule has 2 heterocycles. The van der Waals surface area contributed by atoms with Gasteiger partial charge >= 0.3 is 0 Å². The van der Waals surface area contributed by atoms with E-state index in [1.165, 1.54) is 0 Å². The normalized spacial score (nSPS) is 12.6. The molecule has 3 aromatic rings. The molecule has 0 unspecified atom stereocenters. The van der Waals surface area contributed by atoms with Gasteiger partial charge < -0.3 is 10.5 Å². The van der Waals surface area contributed by atoms with Crippen molar-refractivity contribution in [2.75, 3.05) is 13.2 Å². The Labute approximate surface area is 152 Å². The second-order valence-corrected chi connectivity index (χ2v) is 6.37. The second kappa shape index (κ2) is 8.43. The molecule has 3 rings (SSSR count). The van der Waals surface area contributed by atoms with E-state index in [1.54, 1.807) is 0 Å². The summed E-state index contributed by atoms with van der Waals surface area (Å²) in [5.41, 5.74) is 9.26. The number of benzene rings is 1. The lowest BCUT2D eigenvalue weighted by Gasteiger charge is -2.12. The smallest absolute Gasteiger partial charge is 0.130 e. The lowest BCUT2D eigenvalue weighted by atomic mass is 10.1. The van der Waals surface area contributed by atoms with Gasteiger partial charge in [0.2, 0.25) is 0 Å². The molecule has 5 nitrogen and oxygen atoms in total. The van der Waals surface area contributed by atoms with Crippen LogP contribution in [0.2, 0.25) is 5.15 Å². The summed E-state index contributed by atoms with van der Waals surface area (Å²) in [5.74, 6) is 0. The summed E-state index contributed by atoms with van der Waals surface area (Å²) in [5, 5.41) is 5.92. The molecule has 0 amide bonds. The lowest BCUT2D eigenvalue weighted by molar-refractivity contribution is 0.119. The number of pyridine rings is 1. The van der Waals surface area contributed by atoms with Crippen molar-refractivity contribution in [2.45, 2.75) is 32.4 Å². The number of rotatable bonds is 8. The van der Waals surface area contributed by atoms with Crippen molar-refractivity contribution in [3.05, 3.63) is 59.0 Å². The predicted octanol–water partition coefficient (Wildman–Crippen LogP) is 3.75. The maximum Gasteiger partial charge on any atom is 0.130 e. The van der Waals surface area contributed by atoms with Gasteiger partial charge in [-0.1, -0.05) is 41.9 Å². The molecule has 0 saturated heterocycles. The molecule has 0 aliphatic heterocycles. The Morgan fingerprint density at radius 3 is 2.84 bits per heavy atom. The molecule has 6 heteroatoms. The zero-order valence-corrected chi connectivity index (χ0v) is 15.1. The van der Waals surface area contributed by atoms with E-state index >= 15 is 0 Å². The molecule has 0 aliphatic carbocycles. The highest BCUT2D eigenvalue weighted by molar-refractivity contribution is 6.30. The van der Waals surface area contributed by atoms with Gasteiger partial charge in [0, 0.05) is 18.5 Å². The van der Waals surface area contributed by atoms with Crippen LogP contribution in [0, 0.1) is 0 Å². The monoisotopic (exact) mass is 358 g/mol. The number of nitrogens with zero attached hydrogens (tertiary/aromatic N) is 3. The minimum Gasteiger partial charge on any atom is -0.379 e. The van der Waals surface area contributed by atoms with Gasteiger partial charge in [-0.25, -0.2) is 4.98 Å². The third-order valence-electron chi connectivity index (χ3n) is 4.18. The summed E-state index contributed by atoms with van der Waals surface area (Å²) < 4.78 is 7.70. The molecule has 0 aliphatic rings. The summed E-state index contributed by atoms with van der Waals surface area (Å²) in [6.45, 7) is 4.02. The molecular formula is C19H23ClN4O. The van der Waals surface area contributed by atoms with Crippen molar-refractivity contribution in [3.63, 3.8) is 0 Å². The summed E-state index contributed by atoms with van der Waals surface area (Å²) in [4.78, 5) is 4.49. The van der Waals surface area contributed by atoms with Crippen molar-refractivity contribution < 1.29 is 4.74 Å². The number of aryl methyl sites for hydroxylation is 2. The SMILES string of the molecule is CCn1ncc2cc(Cl)nc(CCCOC[C@@H](N)c3ccccc3)c21. The van der Waals surface area contributed by atoms with Crippen molar-refractivity contribution in [2.24, 2.45) is 5.73 Å². The van der Waals surface area contributed by atoms with Crippen molar-refractivity contribution in [1.82, 2.24) is 14.8 Å². The van der Waals surface area contributed by atoms with Gasteiger partial charge in [-0.05, 0) is 31.4 Å². The van der Waals surface area contributed by atoms with Crippen LogP contribution in [0.4, 0.5) is 0 Å². The fraction of sp³-hybridized carbons (Fsp3) is 0.368. The molecule has 25 heavy (non-hydrogen) atoms. The summed E-state index contributed by atoms with van der Waals surface area (Å²) >= 11 is 6.13. The first-order valence-electron chi connectivity index (χ1n) is 8.58. The number of ether oxygens (including phenoxy) is 1. The van der Waals surface area contributed by atoms with Gasteiger partial charge in [0.1, 0.15) is 5.15 Å². The number of hydrogen-bond acceptors (Lipinski definition) is 4. The molecule has 1 atom stereocenters. The molecule has 0 spiro atoms. The third-order valence-corrected chi connectivity index (χ3v) is 4.38. The number of nitrogens with two attached hydrogens (primary N) is 1.